The van der Waals surface area contributed by atoms with E-state index >= 15 is 0 Å². The summed E-state index contributed by atoms with van der Waals surface area (Å²) < 4.78 is 40.6. The summed E-state index contributed by atoms with van der Waals surface area (Å²) in [7, 11) is -3.21. The van der Waals surface area contributed by atoms with E-state index < -0.39 is 10.0 Å². The molecule has 1 unspecified atom stereocenters. The van der Waals surface area contributed by atoms with Gasteiger partial charge in [0.2, 0.25) is 10.0 Å². The van der Waals surface area contributed by atoms with E-state index in [0.29, 0.717) is 25.6 Å². The zero-order valence-corrected chi connectivity index (χ0v) is 21.2. The minimum atomic E-state index is -3.21. The quantitative estimate of drug-likeness (QED) is 0.477. The normalized spacial score (nSPS) is 21.7. The summed E-state index contributed by atoms with van der Waals surface area (Å²) in [5.74, 6) is 2.18. The van der Waals surface area contributed by atoms with E-state index in [4.69, 9.17) is 9.47 Å². The highest BCUT2D eigenvalue weighted by atomic mass is 32.2. The first-order chi connectivity index (χ1) is 17.0. The molecule has 35 heavy (non-hydrogen) atoms. The average molecular weight is 495 g/mol. The van der Waals surface area contributed by atoms with Gasteiger partial charge in [-0.05, 0) is 55.4 Å². The molecule has 3 aromatic rings. The van der Waals surface area contributed by atoms with E-state index in [1.165, 1.54) is 64.8 Å². The molecule has 2 aliphatic heterocycles. The Balaban J connectivity index is 1.38. The van der Waals surface area contributed by atoms with Crippen molar-refractivity contribution >= 4 is 20.9 Å². The summed E-state index contributed by atoms with van der Waals surface area (Å²) in [5, 5.41) is 1.38. The lowest BCUT2D eigenvalue weighted by molar-refractivity contribution is 0.129. The molecule has 3 aliphatic rings. The number of hydrogen-bond acceptors (Lipinski definition) is 4. The highest BCUT2D eigenvalue weighted by molar-refractivity contribution is 7.88. The van der Waals surface area contributed by atoms with Crippen LogP contribution in [0.2, 0.25) is 0 Å². The van der Waals surface area contributed by atoms with Crippen molar-refractivity contribution in [2.24, 2.45) is 0 Å². The molecule has 6 nitrogen and oxygen atoms in total. The number of para-hydroxylation sites is 1. The molecule has 3 heterocycles. The van der Waals surface area contributed by atoms with E-state index in [0.717, 1.165) is 36.4 Å². The molecule has 0 radical (unpaired) electrons. The lowest BCUT2D eigenvalue weighted by Gasteiger charge is -2.31. The molecule has 2 aromatic carbocycles. The monoisotopic (exact) mass is 494 g/mol. The van der Waals surface area contributed by atoms with Gasteiger partial charge in [-0.1, -0.05) is 37.5 Å². The number of benzene rings is 2. The van der Waals surface area contributed by atoms with Gasteiger partial charge in [0.05, 0.1) is 25.0 Å². The molecule has 0 N–H and O–H groups in total. The molecule has 2 fully saturated rings. The van der Waals surface area contributed by atoms with Crippen LogP contribution in [-0.2, 0) is 16.6 Å². The average Bonchev–Trinajstić information content (AvgIpc) is 3.07. The highest BCUT2D eigenvalue weighted by Crippen LogP contribution is 2.47. The SMILES string of the molecule is CS(=O)(=O)N1CCCC(Oc2ccc3c(c2)OCCn2c-3c(C3CCCCC3)c3ccccc32)C1. The second kappa shape index (κ2) is 9.17. The molecule has 7 heteroatoms. The van der Waals surface area contributed by atoms with Crippen molar-refractivity contribution in [1.29, 1.82) is 0 Å². The van der Waals surface area contributed by atoms with E-state index in [1.807, 2.05) is 12.1 Å². The predicted molar refractivity (Wildman–Crippen MR) is 139 cm³/mol. The van der Waals surface area contributed by atoms with Gasteiger partial charge >= 0.3 is 0 Å². The van der Waals surface area contributed by atoms with Crippen LogP contribution < -0.4 is 9.47 Å². The van der Waals surface area contributed by atoms with E-state index in [9.17, 15) is 8.42 Å². The third-order valence-corrected chi connectivity index (χ3v) is 9.19. The molecule has 1 aromatic heterocycles. The maximum atomic E-state index is 12.0. The van der Waals surface area contributed by atoms with Crippen molar-refractivity contribution in [3.8, 4) is 22.8 Å². The van der Waals surface area contributed by atoms with Crippen LogP contribution in [0.25, 0.3) is 22.2 Å². The zero-order valence-electron chi connectivity index (χ0n) is 20.4. The second-order valence-corrected chi connectivity index (χ2v) is 12.3. The van der Waals surface area contributed by atoms with E-state index in [-0.39, 0.29) is 6.10 Å². The largest absolute Gasteiger partial charge is 0.491 e. The van der Waals surface area contributed by atoms with Crippen LogP contribution in [0.4, 0.5) is 0 Å². The lowest BCUT2D eigenvalue weighted by Crippen LogP contribution is -2.43. The third-order valence-electron chi connectivity index (χ3n) is 7.92. The van der Waals surface area contributed by atoms with Crippen LogP contribution in [0.15, 0.2) is 42.5 Å². The van der Waals surface area contributed by atoms with Crippen molar-refractivity contribution < 1.29 is 17.9 Å². The van der Waals surface area contributed by atoms with Crippen LogP contribution >= 0.6 is 0 Å². The second-order valence-electron chi connectivity index (χ2n) is 10.3. The Hall–Kier alpha value is -2.51. The van der Waals surface area contributed by atoms with Gasteiger partial charge < -0.3 is 14.0 Å². The van der Waals surface area contributed by atoms with Gasteiger partial charge in [-0.2, -0.15) is 4.31 Å². The lowest BCUT2D eigenvalue weighted by atomic mass is 9.82. The summed E-state index contributed by atoms with van der Waals surface area (Å²) in [4.78, 5) is 0. The maximum absolute atomic E-state index is 12.0. The maximum Gasteiger partial charge on any atom is 0.211 e. The summed E-state index contributed by atoms with van der Waals surface area (Å²) >= 11 is 0. The van der Waals surface area contributed by atoms with Crippen LogP contribution in [-0.4, -0.2) is 49.3 Å². The Morgan fingerprint density at radius 1 is 0.971 bits per heavy atom. The predicted octanol–water partition coefficient (Wildman–Crippen LogP) is 5.55. The van der Waals surface area contributed by atoms with Crippen LogP contribution in [0, 0.1) is 0 Å². The summed E-state index contributed by atoms with van der Waals surface area (Å²) in [6.45, 7) is 2.40. The van der Waals surface area contributed by atoms with Crippen LogP contribution in [0.5, 0.6) is 11.5 Å². The van der Waals surface area contributed by atoms with Crippen LogP contribution in [0.3, 0.4) is 0 Å². The fraction of sp³-hybridized carbons (Fsp3) is 0.500. The third kappa shape index (κ3) is 4.33. The van der Waals surface area contributed by atoms with Crippen molar-refractivity contribution in [3.63, 3.8) is 0 Å². The molecule has 1 saturated heterocycles. The first-order valence-corrected chi connectivity index (χ1v) is 14.8. The first kappa shape index (κ1) is 22.9. The molecule has 0 amide bonds. The Morgan fingerprint density at radius 2 is 1.80 bits per heavy atom. The molecular weight excluding hydrogens is 460 g/mol. The van der Waals surface area contributed by atoms with Gasteiger partial charge in [0.25, 0.3) is 0 Å². The number of fused-ring (bicyclic) bond motifs is 5. The van der Waals surface area contributed by atoms with Gasteiger partial charge in [0.1, 0.15) is 24.2 Å². The molecule has 0 spiro atoms. The number of nitrogens with zero attached hydrogens (tertiary/aromatic N) is 2. The Labute approximate surface area is 207 Å². The van der Waals surface area contributed by atoms with Crippen LogP contribution in [0.1, 0.15) is 56.4 Å². The van der Waals surface area contributed by atoms with Gasteiger partial charge in [-0.3, -0.25) is 0 Å². The number of sulfonamides is 1. The molecular formula is C28H34N2O4S. The standard InChI is InChI=1S/C28H34N2O4S/c1-35(31,32)29-15-7-10-22(19-29)34-21-13-14-24-26(18-21)33-17-16-30-25-12-6-5-11-23(25)27(28(24)30)20-8-3-2-4-9-20/h5-6,11-14,18,20,22H,2-4,7-10,15-17,19H2,1H3. The minimum absolute atomic E-state index is 0.147. The van der Waals surface area contributed by atoms with Crippen molar-refractivity contribution in [3.05, 3.63) is 48.0 Å². The van der Waals surface area contributed by atoms with E-state index in [1.54, 1.807) is 0 Å². The van der Waals surface area contributed by atoms with Crippen molar-refractivity contribution in [2.75, 3.05) is 26.0 Å². The number of aromatic nitrogens is 1. The van der Waals surface area contributed by atoms with Crippen molar-refractivity contribution in [2.45, 2.75) is 63.5 Å². The molecule has 1 saturated carbocycles. The number of rotatable bonds is 4. The molecule has 1 atom stereocenters. The van der Waals surface area contributed by atoms with Gasteiger partial charge in [-0.15, -0.1) is 0 Å². The Kier molecular flexibility index (Phi) is 6.01. The highest BCUT2D eigenvalue weighted by Gasteiger charge is 2.30. The summed E-state index contributed by atoms with van der Waals surface area (Å²) in [6.07, 6.45) is 9.21. The van der Waals surface area contributed by atoms with Gasteiger partial charge in [-0.25, -0.2) is 8.42 Å². The van der Waals surface area contributed by atoms with E-state index in [2.05, 4.69) is 34.9 Å². The van der Waals surface area contributed by atoms with Gasteiger partial charge in [0.15, 0.2) is 0 Å². The van der Waals surface area contributed by atoms with Crippen molar-refractivity contribution in [1.82, 2.24) is 8.87 Å². The molecule has 1 aliphatic carbocycles. The first-order valence-electron chi connectivity index (χ1n) is 13.0. The summed E-state index contributed by atoms with van der Waals surface area (Å²) in [6, 6.07) is 15.0. The number of hydrogen-bond donors (Lipinski definition) is 0. The molecule has 6 rings (SSSR count). The molecule has 186 valence electrons. The number of ether oxygens (including phenoxy) is 2. The minimum Gasteiger partial charge on any atom is -0.491 e. The fourth-order valence-corrected chi connectivity index (χ4v) is 7.19. The van der Waals surface area contributed by atoms with Gasteiger partial charge in [0, 0.05) is 29.1 Å². The summed E-state index contributed by atoms with van der Waals surface area (Å²) in [5.41, 5.74) is 5.21. The molecule has 0 bridgehead atoms. The fourth-order valence-electron chi connectivity index (χ4n) is 6.29. The topological polar surface area (TPSA) is 60.8 Å². The number of piperidine rings is 1. The smallest absolute Gasteiger partial charge is 0.211 e. The Morgan fingerprint density at radius 3 is 2.63 bits per heavy atom. The zero-order chi connectivity index (χ0) is 24.0. The Bertz CT molecular complexity index is 1340.